The summed E-state index contributed by atoms with van der Waals surface area (Å²) in [6.07, 6.45) is 0. The van der Waals surface area contributed by atoms with Crippen molar-refractivity contribution in [1.82, 2.24) is 15.4 Å². The molecule has 2 N–H and O–H groups in total. The fourth-order valence-electron chi connectivity index (χ4n) is 1.76. The van der Waals surface area contributed by atoms with Gasteiger partial charge in [0.15, 0.2) is 11.4 Å². The highest BCUT2D eigenvalue weighted by atomic mass is 16.3. The third kappa shape index (κ3) is 0.902. The maximum atomic E-state index is 11.9. The Bertz CT molecular complexity index is 630. The number of aromatic amines is 1. The largest absolute Gasteiger partial charge is 0.507 e. The number of benzene rings is 1. The van der Waals surface area contributed by atoms with Crippen LogP contribution < -0.4 is 0 Å². The van der Waals surface area contributed by atoms with Crippen LogP contribution in [0.4, 0.5) is 0 Å². The lowest BCUT2D eigenvalue weighted by Gasteiger charge is -2.12. The van der Waals surface area contributed by atoms with E-state index in [-0.39, 0.29) is 28.3 Å². The van der Waals surface area contributed by atoms with E-state index < -0.39 is 11.6 Å². The molecule has 1 aromatic carbocycles. The van der Waals surface area contributed by atoms with Crippen LogP contribution in [0.2, 0.25) is 0 Å². The van der Waals surface area contributed by atoms with E-state index >= 15 is 0 Å². The number of phenolic OH excluding ortho intramolecular Hbond substituents is 1. The average Bonchev–Trinajstić information content (AvgIpc) is 2.75. The van der Waals surface area contributed by atoms with E-state index in [1.165, 1.54) is 18.2 Å². The summed E-state index contributed by atoms with van der Waals surface area (Å²) in [6, 6.07) is 4.34. The predicted molar refractivity (Wildman–Crippen MR) is 51.4 cm³/mol. The summed E-state index contributed by atoms with van der Waals surface area (Å²) >= 11 is 0. The first-order valence-corrected chi connectivity index (χ1v) is 4.52. The Hall–Kier alpha value is -2.50. The molecule has 0 atom stereocenters. The van der Waals surface area contributed by atoms with Crippen molar-refractivity contribution in [2.24, 2.45) is 0 Å². The molecule has 0 unspecified atom stereocenters. The smallest absolute Gasteiger partial charge is 0.220 e. The minimum Gasteiger partial charge on any atom is -0.507 e. The number of aromatic nitrogens is 3. The number of nitrogens with zero attached hydrogens (tertiary/aromatic N) is 2. The molecule has 3 rings (SSSR count). The molecule has 6 nitrogen and oxygen atoms in total. The van der Waals surface area contributed by atoms with E-state index in [1.807, 2.05) is 0 Å². The Morgan fingerprint density at radius 3 is 2.50 bits per heavy atom. The van der Waals surface area contributed by atoms with Crippen LogP contribution in [0.3, 0.4) is 0 Å². The zero-order valence-electron chi connectivity index (χ0n) is 7.89. The normalized spacial score (nSPS) is 13.5. The van der Waals surface area contributed by atoms with Crippen LogP contribution in [-0.4, -0.2) is 32.1 Å². The number of fused-ring (bicyclic) bond motifs is 2. The summed E-state index contributed by atoms with van der Waals surface area (Å²) < 4.78 is 0. The van der Waals surface area contributed by atoms with E-state index in [1.54, 1.807) is 0 Å². The topological polar surface area (TPSA) is 95.9 Å². The molecule has 0 saturated heterocycles. The molecule has 0 saturated carbocycles. The van der Waals surface area contributed by atoms with E-state index in [9.17, 15) is 14.7 Å². The van der Waals surface area contributed by atoms with Gasteiger partial charge in [-0.25, -0.2) is 0 Å². The van der Waals surface area contributed by atoms with Gasteiger partial charge in [-0.05, 0) is 12.1 Å². The first-order chi connectivity index (χ1) is 7.70. The highest BCUT2D eigenvalue weighted by Crippen LogP contribution is 2.30. The standard InChI is InChI=1S/C10H5N3O3/c14-5-3-1-2-4-6(5)10(16)8-7(9(4)15)11-13-12-8/h1-3,14H,(H,11,12,13). The van der Waals surface area contributed by atoms with E-state index in [0.717, 1.165) is 0 Å². The summed E-state index contributed by atoms with van der Waals surface area (Å²) in [5.41, 5.74) is 0.113. The molecule has 1 aliphatic rings. The fraction of sp³-hybridized carbons (Fsp3) is 0. The minimum atomic E-state index is -0.489. The number of carbonyl (C=O) groups excluding carboxylic acids is 2. The number of carbonyl (C=O) groups is 2. The molecule has 2 aromatic rings. The lowest BCUT2D eigenvalue weighted by atomic mass is 9.89. The highest BCUT2D eigenvalue weighted by Gasteiger charge is 2.35. The number of phenols is 1. The van der Waals surface area contributed by atoms with Crippen LogP contribution >= 0.6 is 0 Å². The summed E-state index contributed by atoms with van der Waals surface area (Å²) in [5, 5.41) is 19.0. The number of H-pyrrole nitrogens is 1. The van der Waals surface area contributed by atoms with Crippen molar-refractivity contribution in [3.8, 4) is 5.75 Å². The third-order valence-corrected chi connectivity index (χ3v) is 2.49. The predicted octanol–water partition coefficient (Wildman–Crippen LogP) is 0.286. The van der Waals surface area contributed by atoms with Gasteiger partial charge in [0.2, 0.25) is 11.6 Å². The molecule has 0 fully saturated rings. The van der Waals surface area contributed by atoms with Gasteiger partial charge in [0.25, 0.3) is 0 Å². The third-order valence-electron chi connectivity index (χ3n) is 2.49. The van der Waals surface area contributed by atoms with Crippen molar-refractivity contribution in [3.05, 3.63) is 40.7 Å². The van der Waals surface area contributed by atoms with Gasteiger partial charge in [0.05, 0.1) is 5.56 Å². The van der Waals surface area contributed by atoms with Crippen LogP contribution in [-0.2, 0) is 0 Å². The Balaban J connectivity index is 2.38. The summed E-state index contributed by atoms with van der Waals surface area (Å²) in [6.45, 7) is 0. The second kappa shape index (κ2) is 2.75. The molecule has 16 heavy (non-hydrogen) atoms. The molecule has 0 amide bonds. The molecule has 1 aliphatic carbocycles. The molecule has 0 bridgehead atoms. The lowest BCUT2D eigenvalue weighted by molar-refractivity contribution is 0.0971. The molecular weight excluding hydrogens is 210 g/mol. The SMILES string of the molecule is O=C1c2cccc(O)c2C(=O)c2n[nH]nc21. The van der Waals surface area contributed by atoms with Crippen LogP contribution in [0.5, 0.6) is 5.75 Å². The summed E-state index contributed by atoms with van der Waals surface area (Å²) in [7, 11) is 0. The lowest BCUT2D eigenvalue weighted by Crippen LogP contribution is -2.20. The maximum absolute atomic E-state index is 11.9. The highest BCUT2D eigenvalue weighted by molar-refractivity contribution is 6.27. The number of hydrogen-bond donors (Lipinski definition) is 2. The van der Waals surface area contributed by atoms with E-state index in [4.69, 9.17) is 0 Å². The molecule has 0 spiro atoms. The summed E-state index contributed by atoms with van der Waals surface area (Å²) in [4.78, 5) is 23.8. The first kappa shape index (κ1) is 8.78. The van der Waals surface area contributed by atoms with Gasteiger partial charge in [-0.3, -0.25) is 9.59 Å². The zero-order chi connectivity index (χ0) is 11.3. The summed E-state index contributed by atoms with van der Waals surface area (Å²) in [5.74, 6) is -1.12. The van der Waals surface area contributed by atoms with Gasteiger partial charge < -0.3 is 5.11 Å². The van der Waals surface area contributed by atoms with Crippen molar-refractivity contribution in [2.75, 3.05) is 0 Å². The van der Waals surface area contributed by atoms with Gasteiger partial charge in [0.1, 0.15) is 5.75 Å². The van der Waals surface area contributed by atoms with Crippen LogP contribution in [0.25, 0.3) is 0 Å². The van der Waals surface area contributed by atoms with Gasteiger partial charge in [-0.15, -0.1) is 0 Å². The van der Waals surface area contributed by atoms with Gasteiger partial charge >= 0.3 is 0 Å². The number of nitrogens with one attached hydrogen (secondary N) is 1. The van der Waals surface area contributed by atoms with Gasteiger partial charge in [0, 0.05) is 5.56 Å². The molecule has 0 radical (unpaired) electrons. The van der Waals surface area contributed by atoms with Crippen molar-refractivity contribution in [2.45, 2.75) is 0 Å². The second-order valence-electron chi connectivity index (χ2n) is 3.38. The Morgan fingerprint density at radius 2 is 1.75 bits per heavy atom. The maximum Gasteiger partial charge on any atom is 0.220 e. The van der Waals surface area contributed by atoms with Gasteiger partial charge in [-0.2, -0.15) is 15.4 Å². The fourth-order valence-corrected chi connectivity index (χ4v) is 1.76. The van der Waals surface area contributed by atoms with E-state index in [2.05, 4.69) is 15.4 Å². The average molecular weight is 215 g/mol. The van der Waals surface area contributed by atoms with Gasteiger partial charge in [-0.1, -0.05) is 6.07 Å². The van der Waals surface area contributed by atoms with Crippen molar-refractivity contribution in [1.29, 1.82) is 0 Å². The Morgan fingerprint density at radius 1 is 1.06 bits per heavy atom. The molecule has 78 valence electrons. The molecule has 1 aromatic heterocycles. The number of ketones is 2. The van der Waals surface area contributed by atoms with E-state index in [0.29, 0.717) is 0 Å². The van der Waals surface area contributed by atoms with Crippen LogP contribution in [0.15, 0.2) is 18.2 Å². The van der Waals surface area contributed by atoms with Crippen molar-refractivity contribution < 1.29 is 14.7 Å². The zero-order valence-corrected chi connectivity index (χ0v) is 7.89. The number of rotatable bonds is 0. The molecule has 0 aliphatic heterocycles. The second-order valence-corrected chi connectivity index (χ2v) is 3.38. The van der Waals surface area contributed by atoms with Crippen molar-refractivity contribution in [3.63, 3.8) is 0 Å². The van der Waals surface area contributed by atoms with Crippen molar-refractivity contribution >= 4 is 11.6 Å². The number of hydrogen-bond acceptors (Lipinski definition) is 5. The number of aromatic hydroxyl groups is 1. The Kier molecular flexibility index (Phi) is 1.51. The monoisotopic (exact) mass is 215 g/mol. The molecule has 1 heterocycles. The Labute approximate surface area is 88.9 Å². The minimum absolute atomic E-state index is 0.00287. The molecular formula is C10H5N3O3. The molecule has 6 heteroatoms. The quantitative estimate of drug-likeness (QED) is 0.561. The first-order valence-electron chi connectivity index (χ1n) is 4.52. The van der Waals surface area contributed by atoms with Crippen LogP contribution in [0.1, 0.15) is 32.1 Å². The van der Waals surface area contributed by atoms with Crippen LogP contribution in [0, 0.1) is 0 Å².